The molecular weight excluding hydrogens is 280 g/mol. The molecule has 110 valence electrons. The second kappa shape index (κ2) is 6.26. The van der Waals surface area contributed by atoms with E-state index in [0.29, 0.717) is 29.6 Å². The molecule has 0 bridgehead atoms. The van der Waals surface area contributed by atoms with Gasteiger partial charge in [-0.25, -0.2) is 0 Å². The van der Waals surface area contributed by atoms with Crippen LogP contribution in [0.1, 0.15) is 20.3 Å². The Balaban J connectivity index is 2.22. The van der Waals surface area contributed by atoms with Crippen molar-refractivity contribution in [3.8, 4) is 11.5 Å². The van der Waals surface area contributed by atoms with E-state index in [9.17, 15) is 9.00 Å². The number of aliphatic carboxylic acids is 1. The molecule has 0 fully saturated rings. The lowest BCUT2D eigenvalue weighted by Crippen LogP contribution is -2.26. The zero-order valence-electron chi connectivity index (χ0n) is 11.5. The predicted molar refractivity (Wildman–Crippen MR) is 74.7 cm³/mol. The number of hydrogen-bond acceptors (Lipinski definition) is 4. The lowest BCUT2D eigenvalue weighted by molar-refractivity contribution is -0.141. The van der Waals surface area contributed by atoms with Gasteiger partial charge in [0.2, 0.25) is 0 Å². The molecule has 0 aliphatic carbocycles. The van der Waals surface area contributed by atoms with Crippen LogP contribution in [0.2, 0.25) is 0 Å². The fourth-order valence-electron chi connectivity index (χ4n) is 1.87. The van der Waals surface area contributed by atoms with E-state index in [2.05, 4.69) is 0 Å². The molecular formula is C14H18O5S. The summed E-state index contributed by atoms with van der Waals surface area (Å²) < 4.78 is 23.5. The first-order valence-electron chi connectivity index (χ1n) is 6.53. The van der Waals surface area contributed by atoms with E-state index >= 15 is 0 Å². The number of benzene rings is 1. The Morgan fingerprint density at radius 2 is 1.90 bits per heavy atom. The van der Waals surface area contributed by atoms with Crippen LogP contribution in [0.4, 0.5) is 0 Å². The number of rotatable bonds is 4. The topological polar surface area (TPSA) is 72.8 Å². The minimum atomic E-state index is -1.40. The summed E-state index contributed by atoms with van der Waals surface area (Å²) >= 11 is 0. The van der Waals surface area contributed by atoms with E-state index in [-0.39, 0.29) is 0 Å². The van der Waals surface area contributed by atoms with Gasteiger partial charge in [-0.1, -0.05) is 6.92 Å². The largest absolute Gasteiger partial charge is 0.490 e. The van der Waals surface area contributed by atoms with Gasteiger partial charge in [-0.3, -0.25) is 9.00 Å². The van der Waals surface area contributed by atoms with Gasteiger partial charge in [0.05, 0.1) is 29.9 Å². The van der Waals surface area contributed by atoms with Crippen molar-refractivity contribution >= 4 is 16.8 Å². The molecule has 0 aromatic heterocycles. The van der Waals surface area contributed by atoms with E-state index in [1.54, 1.807) is 32.0 Å². The molecule has 3 unspecified atom stereocenters. The molecule has 0 saturated carbocycles. The molecule has 1 aromatic rings. The normalized spacial score (nSPS) is 18.7. The smallest absolute Gasteiger partial charge is 0.307 e. The Labute approximate surface area is 120 Å². The summed E-state index contributed by atoms with van der Waals surface area (Å²) in [6, 6.07) is 5.11. The molecule has 0 saturated heterocycles. The van der Waals surface area contributed by atoms with E-state index in [0.717, 1.165) is 6.42 Å². The summed E-state index contributed by atoms with van der Waals surface area (Å²) in [7, 11) is -1.40. The van der Waals surface area contributed by atoms with Crippen LogP contribution < -0.4 is 9.47 Å². The Morgan fingerprint density at radius 1 is 1.25 bits per heavy atom. The van der Waals surface area contributed by atoms with Gasteiger partial charge < -0.3 is 14.6 Å². The van der Waals surface area contributed by atoms with E-state index in [1.807, 2.05) is 0 Å². The number of carboxylic acid groups (broad SMARTS) is 1. The van der Waals surface area contributed by atoms with Gasteiger partial charge in [0.1, 0.15) is 0 Å². The quantitative estimate of drug-likeness (QED) is 0.921. The van der Waals surface area contributed by atoms with Gasteiger partial charge in [0.25, 0.3) is 0 Å². The maximum atomic E-state index is 12.4. The average molecular weight is 298 g/mol. The van der Waals surface area contributed by atoms with Gasteiger partial charge in [0, 0.05) is 22.6 Å². The fourth-order valence-corrected chi connectivity index (χ4v) is 3.21. The highest BCUT2D eigenvalue weighted by Gasteiger charge is 2.26. The van der Waals surface area contributed by atoms with Crippen LogP contribution in [0.25, 0.3) is 0 Å². The first-order valence-corrected chi connectivity index (χ1v) is 7.75. The zero-order chi connectivity index (χ0) is 14.7. The van der Waals surface area contributed by atoms with Crippen molar-refractivity contribution in [2.45, 2.75) is 30.4 Å². The monoisotopic (exact) mass is 298 g/mol. The van der Waals surface area contributed by atoms with Crippen molar-refractivity contribution in [2.75, 3.05) is 13.2 Å². The summed E-state index contributed by atoms with van der Waals surface area (Å²) in [4.78, 5) is 11.5. The molecule has 1 aromatic carbocycles. The van der Waals surface area contributed by atoms with E-state index in [4.69, 9.17) is 14.6 Å². The maximum Gasteiger partial charge on any atom is 0.307 e. The van der Waals surface area contributed by atoms with Crippen molar-refractivity contribution in [1.82, 2.24) is 0 Å². The van der Waals surface area contributed by atoms with Crippen molar-refractivity contribution < 1.29 is 23.6 Å². The average Bonchev–Trinajstić information content (AvgIpc) is 2.69. The van der Waals surface area contributed by atoms with Gasteiger partial charge in [-0.15, -0.1) is 0 Å². The third-order valence-corrected chi connectivity index (χ3v) is 5.18. The van der Waals surface area contributed by atoms with Gasteiger partial charge >= 0.3 is 5.97 Å². The molecule has 5 nitrogen and oxygen atoms in total. The third kappa shape index (κ3) is 3.12. The van der Waals surface area contributed by atoms with Crippen LogP contribution in [0.5, 0.6) is 11.5 Å². The molecule has 1 heterocycles. The van der Waals surface area contributed by atoms with Crippen LogP contribution in [0.15, 0.2) is 23.1 Å². The third-order valence-electron chi connectivity index (χ3n) is 3.38. The summed E-state index contributed by atoms with van der Waals surface area (Å²) in [5.74, 6) is -0.405. The fraction of sp³-hybridized carbons (Fsp3) is 0.500. The molecule has 0 amide bonds. The highest BCUT2D eigenvalue weighted by atomic mass is 32.2. The van der Waals surface area contributed by atoms with Gasteiger partial charge in [-0.2, -0.15) is 0 Å². The highest BCUT2D eigenvalue weighted by Crippen LogP contribution is 2.32. The predicted octanol–water partition coefficient (Wildman–Crippen LogP) is 2.06. The van der Waals surface area contributed by atoms with Crippen molar-refractivity contribution in [3.63, 3.8) is 0 Å². The second-order valence-corrected chi connectivity index (χ2v) is 6.60. The molecule has 20 heavy (non-hydrogen) atoms. The Hall–Kier alpha value is -1.56. The summed E-state index contributed by atoms with van der Waals surface area (Å²) in [5, 5.41) is 8.52. The number of ether oxygens (including phenoxy) is 2. The zero-order valence-corrected chi connectivity index (χ0v) is 12.3. The molecule has 0 radical (unpaired) electrons. The van der Waals surface area contributed by atoms with Crippen LogP contribution in [-0.4, -0.2) is 33.7 Å². The van der Waals surface area contributed by atoms with Crippen LogP contribution >= 0.6 is 0 Å². The Kier molecular flexibility index (Phi) is 4.65. The van der Waals surface area contributed by atoms with Crippen LogP contribution in [0.3, 0.4) is 0 Å². The molecule has 0 spiro atoms. The van der Waals surface area contributed by atoms with E-state index < -0.39 is 27.9 Å². The van der Waals surface area contributed by atoms with Crippen molar-refractivity contribution in [3.05, 3.63) is 18.2 Å². The molecule has 3 atom stereocenters. The maximum absolute atomic E-state index is 12.4. The summed E-state index contributed by atoms with van der Waals surface area (Å²) in [6.45, 7) is 4.40. The minimum absolute atomic E-state index is 0.475. The number of carboxylic acids is 1. The summed E-state index contributed by atoms with van der Waals surface area (Å²) in [6.07, 6.45) is 0.805. The lowest BCUT2D eigenvalue weighted by atomic mass is 10.1. The lowest BCUT2D eigenvalue weighted by Gasteiger charge is -2.16. The minimum Gasteiger partial charge on any atom is -0.490 e. The first-order chi connectivity index (χ1) is 9.50. The Morgan fingerprint density at radius 3 is 2.55 bits per heavy atom. The SMILES string of the molecule is CC(C(=O)O)C(C)S(=O)c1ccc2c(c1)OCCCO2. The number of carbonyl (C=O) groups is 1. The second-order valence-electron chi connectivity index (χ2n) is 4.79. The Bertz CT molecular complexity index is 528. The van der Waals surface area contributed by atoms with Crippen LogP contribution in [-0.2, 0) is 15.6 Å². The van der Waals surface area contributed by atoms with E-state index in [1.165, 1.54) is 0 Å². The first kappa shape index (κ1) is 14.8. The number of hydrogen-bond donors (Lipinski definition) is 1. The summed E-state index contributed by atoms with van der Waals surface area (Å²) in [5.41, 5.74) is 0. The van der Waals surface area contributed by atoms with Gasteiger partial charge in [0.15, 0.2) is 11.5 Å². The number of fused-ring (bicyclic) bond motifs is 1. The van der Waals surface area contributed by atoms with Crippen molar-refractivity contribution in [2.24, 2.45) is 5.92 Å². The molecule has 6 heteroatoms. The molecule has 1 aliphatic heterocycles. The molecule has 1 aliphatic rings. The standard InChI is InChI=1S/C14H18O5S/c1-9(14(15)16)10(2)20(17)11-4-5-12-13(8-11)19-7-3-6-18-12/h4-5,8-10H,3,6-7H2,1-2H3,(H,15,16). The highest BCUT2D eigenvalue weighted by molar-refractivity contribution is 7.85. The van der Waals surface area contributed by atoms with Crippen molar-refractivity contribution in [1.29, 1.82) is 0 Å². The molecule has 1 N–H and O–H groups in total. The van der Waals surface area contributed by atoms with Gasteiger partial charge in [-0.05, 0) is 19.1 Å². The molecule has 2 rings (SSSR count). The van der Waals surface area contributed by atoms with Crippen LogP contribution in [0, 0.1) is 5.92 Å².